The van der Waals surface area contributed by atoms with Crippen molar-refractivity contribution in [2.45, 2.75) is 20.3 Å². The molecule has 19 heavy (non-hydrogen) atoms. The highest BCUT2D eigenvalue weighted by molar-refractivity contribution is 5.45. The van der Waals surface area contributed by atoms with Gasteiger partial charge in [-0.15, -0.1) is 5.10 Å². The Hall–Kier alpha value is -2.36. The minimum Gasteiger partial charge on any atom is -0.354 e. The maximum Gasteiger partial charge on any atom is 0.364 e. The van der Waals surface area contributed by atoms with Gasteiger partial charge in [0.2, 0.25) is 0 Å². The van der Waals surface area contributed by atoms with Crippen LogP contribution in [0, 0.1) is 17.2 Å². The lowest BCUT2D eigenvalue weighted by Gasteiger charge is -2.24. The molecule has 2 aromatic rings. The number of rotatable bonds is 5. The van der Waals surface area contributed by atoms with E-state index in [4.69, 9.17) is 5.26 Å². The normalized spacial score (nSPS) is 10.8. The molecule has 0 unspecified atom stereocenters. The average molecular weight is 260 g/mol. The van der Waals surface area contributed by atoms with Crippen molar-refractivity contribution >= 4 is 11.5 Å². The number of nitrogens with zero attached hydrogens (tertiary/aromatic N) is 5. The van der Waals surface area contributed by atoms with Gasteiger partial charge in [-0.1, -0.05) is 13.8 Å². The van der Waals surface area contributed by atoms with Crippen molar-refractivity contribution in [2.75, 3.05) is 18.0 Å². The van der Waals surface area contributed by atoms with Crippen LogP contribution in [0.25, 0.3) is 5.65 Å². The predicted octanol–water partition coefficient (Wildman–Crippen LogP) is 0.794. The Kier molecular flexibility index (Phi) is 3.80. The molecule has 0 saturated carbocycles. The van der Waals surface area contributed by atoms with E-state index in [1.165, 1.54) is 4.52 Å². The van der Waals surface area contributed by atoms with Crippen LogP contribution in [0.5, 0.6) is 0 Å². The van der Waals surface area contributed by atoms with E-state index in [0.717, 1.165) is 6.54 Å². The second kappa shape index (κ2) is 5.52. The molecule has 0 aliphatic rings. The molecule has 0 amide bonds. The molecule has 2 aromatic heterocycles. The number of fused-ring (bicyclic) bond motifs is 1. The fourth-order valence-corrected chi connectivity index (χ4v) is 1.89. The molecule has 0 saturated heterocycles. The van der Waals surface area contributed by atoms with Gasteiger partial charge in [0.1, 0.15) is 5.82 Å². The zero-order valence-corrected chi connectivity index (χ0v) is 11.0. The molecule has 0 aliphatic heterocycles. The molecule has 7 heteroatoms. The Bertz CT molecular complexity index is 650. The van der Waals surface area contributed by atoms with Crippen molar-refractivity contribution in [1.82, 2.24) is 19.8 Å². The van der Waals surface area contributed by atoms with Crippen molar-refractivity contribution in [3.8, 4) is 6.07 Å². The molecular formula is C12H16N6O. The second-order valence-corrected chi connectivity index (χ2v) is 4.74. The van der Waals surface area contributed by atoms with Crippen molar-refractivity contribution in [3.63, 3.8) is 0 Å². The van der Waals surface area contributed by atoms with E-state index in [-0.39, 0.29) is 5.69 Å². The summed E-state index contributed by atoms with van der Waals surface area (Å²) in [5.74, 6) is 1.12. The minimum atomic E-state index is -0.360. The molecule has 0 spiro atoms. The number of anilines is 1. The van der Waals surface area contributed by atoms with Gasteiger partial charge >= 0.3 is 5.69 Å². The first-order valence-electron chi connectivity index (χ1n) is 6.18. The van der Waals surface area contributed by atoms with Crippen LogP contribution in [0.4, 0.5) is 5.82 Å². The number of nitrogens with one attached hydrogen (secondary N) is 1. The summed E-state index contributed by atoms with van der Waals surface area (Å²) >= 11 is 0. The van der Waals surface area contributed by atoms with Gasteiger partial charge in [-0.25, -0.2) is 9.89 Å². The van der Waals surface area contributed by atoms with E-state index in [9.17, 15) is 4.79 Å². The Balaban J connectivity index is 2.34. The molecule has 0 fully saturated rings. The van der Waals surface area contributed by atoms with E-state index in [0.29, 0.717) is 30.3 Å². The first-order valence-corrected chi connectivity index (χ1v) is 6.18. The highest BCUT2D eigenvalue weighted by atomic mass is 16.2. The van der Waals surface area contributed by atoms with Crippen LogP contribution in [0.1, 0.15) is 20.3 Å². The Morgan fingerprint density at radius 1 is 1.53 bits per heavy atom. The van der Waals surface area contributed by atoms with E-state index in [1.807, 2.05) is 11.0 Å². The Labute approximate surface area is 110 Å². The van der Waals surface area contributed by atoms with Crippen LogP contribution < -0.4 is 10.6 Å². The number of aromatic nitrogens is 4. The molecule has 0 bridgehead atoms. The van der Waals surface area contributed by atoms with Crippen LogP contribution >= 0.6 is 0 Å². The molecule has 2 heterocycles. The smallest absolute Gasteiger partial charge is 0.354 e. The van der Waals surface area contributed by atoms with Crippen LogP contribution in [-0.2, 0) is 0 Å². The number of H-pyrrole nitrogens is 1. The molecule has 0 aromatic carbocycles. The molecule has 7 nitrogen and oxygen atoms in total. The maximum atomic E-state index is 11.5. The summed E-state index contributed by atoms with van der Waals surface area (Å²) in [5.41, 5.74) is 0.125. The SMILES string of the molecule is CC(C)CN(CCC#N)c1ccc2n[nH]c(=O)n2n1. The van der Waals surface area contributed by atoms with Crippen LogP contribution in [-0.4, -0.2) is 32.9 Å². The van der Waals surface area contributed by atoms with Gasteiger partial charge in [0.25, 0.3) is 0 Å². The first kappa shape index (κ1) is 13.1. The summed E-state index contributed by atoms with van der Waals surface area (Å²) in [5, 5.41) is 19.2. The van der Waals surface area contributed by atoms with Gasteiger partial charge in [-0.05, 0) is 18.1 Å². The van der Waals surface area contributed by atoms with E-state index < -0.39 is 0 Å². The predicted molar refractivity (Wildman–Crippen MR) is 70.9 cm³/mol. The van der Waals surface area contributed by atoms with Crippen molar-refractivity contribution < 1.29 is 0 Å². The van der Waals surface area contributed by atoms with E-state index in [1.54, 1.807) is 6.07 Å². The van der Waals surface area contributed by atoms with Crippen LogP contribution in [0.3, 0.4) is 0 Å². The number of nitriles is 1. The van der Waals surface area contributed by atoms with Gasteiger partial charge in [0.15, 0.2) is 5.65 Å². The summed E-state index contributed by atoms with van der Waals surface area (Å²) < 4.78 is 1.23. The number of aromatic amines is 1. The van der Waals surface area contributed by atoms with Gasteiger partial charge in [0, 0.05) is 13.1 Å². The largest absolute Gasteiger partial charge is 0.364 e. The number of hydrogen-bond donors (Lipinski definition) is 1. The topological polar surface area (TPSA) is 90.1 Å². The molecule has 100 valence electrons. The molecule has 0 aliphatic carbocycles. The lowest BCUT2D eigenvalue weighted by atomic mass is 10.2. The highest BCUT2D eigenvalue weighted by Crippen LogP contribution is 2.13. The van der Waals surface area contributed by atoms with Crippen LogP contribution in [0.2, 0.25) is 0 Å². The Morgan fingerprint density at radius 2 is 2.32 bits per heavy atom. The van der Waals surface area contributed by atoms with Gasteiger partial charge in [-0.2, -0.15) is 14.9 Å². The lowest BCUT2D eigenvalue weighted by Crippen LogP contribution is -2.30. The zero-order valence-electron chi connectivity index (χ0n) is 11.0. The fraction of sp³-hybridized carbons (Fsp3) is 0.500. The third kappa shape index (κ3) is 2.91. The van der Waals surface area contributed by atoms with Crippen LogP contribution in [0.15, 0.2) is 16.9 Å². The standard InChI is InChI=1S/C12H16N6O/c1-9(2)8-17(7-3-6-13)11-5-4-10-14-15-12(19)18(10)16-11/h4-5,9H,3,7-8H2,1-2H3,(H,15,19). The van der Waals surface area contributed by atoms with E-state index >= 15 is 0 Å². The van der Waals surface area contributed by atoms with Crippen molar-refractivity contribution in [3.05, 3.63) is 22.6 Å². The van der Waals surface area contributed by atoms with E-state index in [2.05, 4.69) is 35.2 Å². The molecular weight excluding hydrogens is 244 g/mol. The number of hydrogen-bond acceptors (Lipinski definition) is 5. The van der Waals surface area contributed by atoms with Gasteiger partial charge < -0.3 is 4.90 Å². The summed E-state index contributed by atoms with van der Waals surface area (Å²) in [4.78, 5) is 13.5. The molecule has 2 rings (SSSR count). The third-order valence-electron chi connectivity index (χ3n) is 2.66. The lowest BCUT2D eigenvalue weighted by molar-refractivity contribution is 0.603. The average Bonchev–Trinajstić information content (AvgIpc) is 2.75. The molecule has 0 radical (unpaired) electrons. The second-order valence-electron chi connectivity index (χ2n) is 4.74. The monoisotopic (exact) mass is 260 g/mol. The van der Waals surface area contributed by atoms with Crippen molar-refractivity contribution in [1.29, 1.82) is 5.26 Å². The fourth-order valence-electron chi connectivity index (χ4n) is 1.89. The highest BCUT2D eigenvalue weighted by Gasteiger charge is 2.11. The zero-order chi connectivity index (χ0) is 13.8. The molecule has 0 atom stereocenters. The van der Waals surface area contributed by atoms with Crippen molar-refractivity contribution in [2.24, 2.45) is 5.92 Å². The summed E-state index contributed by atoms with van der Waals surface area (Å²) in [6.07, 6.45) is 0.423. The summed E-state index contributed by atoms with van der Waals surface area (Å²) in [6, 6.07) is 5.68. The summed E-state index contributed by atoms with van der Waals surface area (Å²) in [7, 11) is 0. The minimum absolute atomic E-state index is 0.360. The maximum absolute atomic E-state index is 11.5. The first-order chi connectivity index (χ1) is 9.11. The van der Waals surface area contributed by atoms with Gasteiger partial charge in [0.05, 0.1) is 12.5 Å². The third-order valence-corrected chi connectivity index (χ3v) is 2.66. The molecule has 1 N–H and O–H groups in total. The quantitative estimate of drug-likeness (QED) is 0.858. The van der Waals surface area contributed by atoms with Gasteiger partial charge in [-0.3, -0.25) is 0 Å². The summed E-state index contributed by atoms with van der Waals surface area (Å²) in [6.45, 7) is 5.58. The Morgan fingerprint density at radius 3 is 3.00 bits per heavy atom.